The van der Waals surface area contributed by atoms with Crippen LogP contribution in [-0.4, -0.2) is 44.3 Å². The predicted molar refractivity (Wildman–Crippen MR) is 81.9 cm³/mol. The topological polar surface area (TPSA) is 38.8 Å². The number of methoxy groups -OCH3 is 2. The van der Waals surface area contributed by atoms with Crippen LogP contribution in [0.2, 0.25) is 0 Å². The summed E-state index contributed by atoms with van der Waals surface area (Å²) in [4.78, 5) is 13.9. The Balaban J connectivity index is 2.33. The van der Waals surface area contributed by atoms with Gasteiger partial charge in [0.15, 0.2) is 0 Å². The molecule has 0 bridgehead atoms. The number of benzene rings is 1. The summed E-state index contributed by atoms with van der Waals surface area (Å²) < 4.78 is 49.8. The summed E-state index contributed by atoms with van der Waals surface area (Å²) in [5.74, 6) is -1.49. The molecule has 4 nitrogen and oxygen atoms in total. The zero-order valence-electron chi connectivity index (χ0n) is 12.7. The number of likely N-dealkylation sites (tertiary alicyclic amines) is 1. The molecule has 1 aromatic carbocycles. The molecule has 1 aliphatic rings. The van der Waals surface area contributed by atoms with Crippen molar-refractivity contribution in [3.8, 4) is 11.5 Å². The van der Waals surface area contributed by atoms with E-state index in [0.717, 1.165) is 0 Å². The Kier molecular flexibility index (Phi) is 5.44. The number of hydrogen-bond acceptors (Lipinski definition) is 3. The highest BCUT2D eigenvalue weighted by Crippen LogP contribution is 2.37. The van der Waals surface area contributed by atoms with Crippen LogP contribution in [0.25, 0.3) is 0 Å². The maximum atomic E-state index is 12.9. The van der Waals surface area contributed by atoms with Crippen molar-refractivity contribution in [2.45, 2.75) is 19.0 Å². The van der Waals surface area contributed by atoms with Crippen LogP contribution in [0.15, 0.2) is 16.6 Å². The first-order valence-corrected chi connectivity index (χ1v) is 7.84. The van der Waals surface area contributed by atoms with E-state index < -0.39 is 18.0 Å². The van der Waals surface area contributed by atoms with E-state index in [9.17, 15) is 18.0 Å². The van der Waals surface area contributed by atoms with Crippen molar-refractivity contribution in [1.29, 1.82) is 0 Å². The van der Waals surface area contributed by atoms with E-state index >= 15 is 0 Å². The lowest BCUT2D eigenvalue weighted by atomic mass is 9.96. The molecule has 0 saturated carbocycles. The molecule has 0 aliphatic carbocycles. The lowest BCUT2D eigenvalue weighted by molar-refractivity contribution is -0.184. The van der Waals surface area contributed by atoms with Gasteiger partial charge in [0.05, 0.1) is 20.1 Å². The third-order valence-electron chi connectivity index (χ3n) is 3.86. The van der Waals surface area contributed by atoms with Crippen molar-refractivity contribution in [2.24, 2.45) is 5.92 Å². The molecule has 1 heterocycles. The lowest BCUT2D eigenvalue weighted by Gasteiger charge is -2.34. The zero-order chi connectivity index (χ0) is 17.2. The summed E-state index contributed by atoms with van der Waals surface area (Å²) in [5.41, 5.74) is 0.140. The fourth-order valence-electron chi connectivity index (χ4n) is 2.68. The molecule has 1 saturated heterocycles. The average Bonchev–Trinajstić information content (AvgIpc) is 2.52. The number of piperidine rings is 1. The van der Waals surface area contributed by atoms with Crippen molar-refractivity contribution in [3.63, 3.8) is 0 Å². The highest BCUT2D eigenvalue weighted by atomic mass is 79.9. The Morgan fingerprint density at radius 2 is 1.83 bits per heavy atom. The number of halogens is 4. The molecule has 0 radical (unpaired) electrons. The Hall–Kier alpha value is -1.44. The first-order chi connectivity index (χ1) is 10.8. The molecule has 1 aromatic rings. The minimum Gasteiger partial charge on any atom is -0.496 e. The molecular formula is C15H17BrF3NO3. The van der Waals surface area contributed by atoms with Gasteiger partial charge in [0, 0.05) is 17.6 Å². The number of carbonyl (C=O) groups is 1. The van der Waals surface area contributed by atoms with Gasteiger partial charge in [0.25, 0.3) is 5.91 Å². The van der Waals surface area contributed by atoms with Gasteiger partial charge in [-0.3, -0.25) is 4.79 Å². The summed E-state index contributed by atoms with van der Waals surface area (Å²) in [6.07, 6.45) is -3.94. The zero-order valence-corrected chi connectivity index (χ0v) is 14.3. The number of nitrogens with zero attached hydrogens (tertiary/aromatic N) is 1. The normalized spacial score (nSPS) is 18.7. The van der Waals surface area contributed by atoms with E-state index in [1.165, 1.54) is 19.1 Å². The summed E-state index contributed by atoms with van der Waals surface area (Å²) in [7, 11) is 2.79. The number of amides is 1. The van der Waals surface area contributed by atoms with Crippen LogP contribution in [0.5, 0.6) is 11.5 Å². The monoisotopic (exact) mass is 395 g/mol. The first kappa shape index (κ1) is 17.9. The van der Waals surface area contributed by atoms with Crippen molar-refractivity contribution in [3.05, 3.63) is 22.2 Å². The largest absolute Gasteiger partial charge is 0.496 e. The summed E-state index contributed by atoms with van der Waals surface area (Å²) >= 11 is 3.28. The number of rotatable bonds is 3. The number of hydrogen-bond donors (Lipinski definition) is 0. The molecule has 0 spiro atoms. The van der Waals surface area contributed by atoms with Gasteiger partial charge in [0.2, 0.25) is 0 Å². The van der Waals surface area contributed by atoms with Crippen LogP contribution in [0.4, 0.5) is 13.2 Å². The van der Waals surface area contributed by atoms with Gasteiger partial charge in [0.1, 0.15) is 17.1 Å². The van der Waals surface area contributed by atoms with Crippen molar-refractivity contribution in [2.75, 3.05) is 27.3 Å². The lowest BCUT2D eigenvalue weighted by Crippen LogP contribution is -2.44. The Bertz CT molecular complexity index is 567. The third kappa shape index (κ3) is 3.91. The van der Waals surface area contributed by atoms with E-state index in [4.69, 9.17) is 9.47 Å². The summed E-state index contributed by atoms with van der Waals surface area (Å²) in [5, 5.41) is 0. The Morgan fingerprint density at radius 3 is 2.30 bits per heavy atom. The second kappa shape index (κ2) is 6.98. The Labute approximate surface area is 140 Å². The second-order valence-electron chi connectivity index (χ2n) is 5.32. The van der Waals surface area contributed by atoms with Crippen LogP contribution in [0.1, 0.15) is 23.2 Å². The highest BCUT2D eigenvalue weighted by Gasteiger charge is 2.43. The predicted octanol–water partition coefficient (Wildman–Crippen LogP) is 3.88. The van der Waals surface area contributed by atoms with Gasteiger partial charge < -0.3 is 14.4 Å². The quantitative estimate of drug-likeness (QED) is 0.779. The molecule has 1 unspecified atom stereocenters. The number of carbonyl (C=O) groups excluding carboxylic acids is 1. The molecule has 2 rings (SSSR count). The van der Waals surface area contributed by atoms with E-state index in [2.05, 4.69) is 15.9 Å². The van der Waals surface area contributed by atoms with Crippen molar-refractivity contribution in [1.82, 2.24) is 4.90 Å². The molecule has 1 aliphatic heterocycles. The molecule has 8 heteroatoms. The molecule has 23 heavy (non-hydrogen) atoms. The third-order valence-corrected chi connectivity index (χ3v) is 4.31. The average molecular weight is 396 g/mol. The number of alkyl halides is 3. The molecule has 0 aromatic heterocycles. The maximum Gasteiger partial charge on any atom is 0.393 e. The smallest absolute Gasteiger partial charge is 0.393 e. The van der Waals surface area contributed by atoms with Crippen LogP contribution >= 0.6 is 15.9 Å². The van der Waals surface area contributed by atoms with Gasteiger partial charge in [-0.1, -0.05) is 15.9 Å². The molecule has 1 atom stereocenters. The maximum absolute atomic E-state index is 12.9. The summed E-state index contributed by atoms with van der Waals surface area (Å²) in [6, 6.07) is 3.17. The fraction of sp³-hybridized carbons (Fsp3) is 0.533. The van der Waals surface area contributed by atoms with Crippen molar-refractivity contribution >= 4 is 21.8 Å². The van der Waals surface area contributed by atoms with Gasteiger partial charge in [-0.15, -0.1) is 0 Å². The van der Waals surface area contributed by atoms with Crippen LogP contribution in [0.3, 0.4) is 0 Å². The fourth-order valence-corrected chi connectivity index (χ4v) is 3.09. The van der Waals surface area contributed by atoms with E-state index in [1.807, 2.05) is 0 Å². The molecule has 1 amide bonds. The molecular weight excluding hydrogens is 379 g/mol. The van der Waals surface area contributed by atoms with Crippen molar-refractivity contribution < 1.29 is 27.4 Å². The summed E-state index contributed by atoms with van der Waals surface area (Å²) in [6.45, 7) is -0.0571. The highest BCUT2D eigenvalue weighted by molar-refractivity contribution is 9.10. The van der Waals surface area contributed by atoms with Crippen LogP contribution in [-0.2, 0) is 0 Å². The molecule has 1 fully saturated rings. The van der Waals surface area contributed by atoms with E-state index in [1.54, 1.807) is 12.1 Å². The van der Waals surface area contributed by atoms with Gasteiger partial charge in [-0.05, 0) is 25.0 Å². The minimum atomic E-state index is -4.30. The minimum absolute atomic E-state index is 0.0435. The molecule has 0 N–H and O–H groups in total. The molecule has 128 valence electrons. The van der Waals surface area contributed by atoms with Crippen LogP contribution in [0, 0.1) is 5.92 Å². The standard InChI is InChI=1S/C15H17BrF3NO3/c1-22-11-6-10(16)7-12(23-2)13(11)14(21)20-5-3-4-9(8-20)15(17,18)19/h6-7,9H,3-5,8H2,1-2H3. The first-order valence-electron chi connectivity index (χ1n) is 7.05. The number of ether oxygens (including phenoxy) is 2. The van der Waals surface area contributed by atoms with Crippen LogP contribution < -0.4 is 9.47 Å². The van der Waals surface area contributed by atoms with E-state index in [0.29, 0.717) is 10.9 Å². The Morgan fingerprint density at radius 1 is 1.26 bits per heavy atom. The SMILES string of the molecule is COc1cc(Br)cc(OC)c1C(=O)N1CCCC(C(F)(F)F)C1. The second-order valence-corrected chi connectivity index (χ2v) is 6.23. The van der Waals surface area contributed by atoms with Gasteiger partial charge >= 0.3 is 6.18 Å². The van der Waals surface area contributed by atoms with Gasteiger partial charge in [-0.25, -0.2) is 0 Å². The van der Waals surface area contributed by atoms with E-state index in [-0.39, 0.29) is 36.6 Å². The van der Waals surface area contributed by atoms with Gasteiger partial charge in [-0.2, -0.15) is 13.2 Å².